The summed E-state index contributed by atoms with van der Waals surface area (Å²) in [5.41, 5.74) is -0.632. The second kappa shape index (κ2) is 5.04. The van der Waals surface area contributed by atoms with Gasteiger partial charge in [0, 0.05) is 19.2 Å². The Balaban J connectivity index is 2.22. The van der Waals surface area contributed by atoms with E-state index in [0.29, 0.717) is 11.9 Å². The maximum Gasteiger partial charge on any atom is 0.134 e. The maximum absolute atomic E-state index is 9.07. The molecule has 0 aromatic carbocycles. The lowest BCUT2D eigenvalue weighted by atomic mass is 9.92. The van der Waals surface area contributed by atoms with Crippen LogP contribution in [0, 0.1) is 18.3 Å². The molecule has 1 aliphatic carbocycles. The van der Waals surface area contributed by atoms with Crippen molar-refractivity contribution in [2.75, 3.05) is 17.3 Å². The summed E-state index contributed by atoms with van der Waals surface area (Å²) in [6, 6.07) is 4.73. The highest BCUT2D eigenvalue weighted by Crippen LogP contribution is 2.28. The molecule has 5 heteroatoms. The van der Waals surface area contributed by atoms with Crippen LogP contribution in [0.1, 0.15) is 38.9 Å². The second-order valence-electron chi connectivity index (χ2n) is 5.72. The summed E-state index contributed by atoms with van der Waals surface area (Å²) in [7, 11) is 2.07. The van der Waals surface area contributed by atoms with Crippen LogP contribution >= 0.6 is 0 Å². The van der Waals surface area contributed by atoms with Gasteiger partial charge in [-0.1, -0.05) is 0 Å². The fraction of sp³-hybridized carbons (Fsp3) is 0.643. The molecule has 0 saturated heterocycles. The largest absolute Gasteiger partial charge is 0.357 e. The second-order valence-corrected chi connectivity index (χ2v) is 5.72. The minimum Gasteiger partial charge on any atom is -0.357 e. The van der Waals surface area contributed by atoms with E-state index in [-0.39, 0.29) is 0 Å². The van der Waals surface area contributed by atoms with Crippen molar-refractivity contribution in [1.82, 2.24) is 9.97 Å². The van der Waals surface area contributed by atoms with Crippen LogP contribution in [-0.4, -0.2) is 28.6 Å². The van der Waals surface area contributed by atoms with Gasteiger partial charge in [-0.15, -0.1) is 0 Å². The van der Waals surface area contributed by atoms with Gasteiger partial charge in [0.25, 0.3) is 0 Å². The molecule has 102 valence electrons. The van der Waals surface area contributed by atoms with Crippen LogP contribution in [0.4, 0.5) is 11.6 Å². The third-order valence-corrected chi connectivity index (χ3v) is 3.53. The third-order valence-electron chi connectivity index (χ3n) is 3.53. The molecule has 2 rings (SSSR count). The molecular formula is C14H21N5. The molecule has 0 aliphatic heterocycles. The minimum atomic E-state index is -0.632. The summed E-state index contributed by atoms with van der Waals surface area (Å²) in [4.78, 5) is 11.0. The number of hydrogen-bond donors (Lipinski definition) is 1. The van der Waals surface area contributed by atoms with Crippen LogP contribution in [0.3, 0.4) is 0 Å². The van der Waals surface area contributed by atoms with Gasteiger partial charge >= 0.3 is 0 Å². The molecule has 0 atom stereocenters. The number of aryl methyl sites for hydroxylation is 1. The van der Waals surface area contributed by atoms with Crippen molar-refractivity contribution in [3.8, 4) is 6.07 Å². The summed E-state index contributed by atoms with van der Waals surface area (Å²) in [5.74, 6) is 2.36. The lowest BCUT2D eigenvalue weighted by molar-refractivity contribution is 0.399. The molecule has 1 heterocycles. The first-order valence-electron chi connectivity index (χ1n) is 6.69. The fourth-order valence-corrected chi connectivity index (χ4v) is 2.11. The van der Waals surface area contributed by atoms with Crippen molar-refractivity contribution in [3.05, 3.63) is 11.9 Å². The predicted octanol–water partition coefficient (Wildman–Crippen LogP) is 2.49. The molecule has 1 saturated carbocycles. The van der Waals surface area contributed by atoms with Crippen molar-refractivity contribution in [1.29, 1.82) is 5.26 Å². The zero-order chi connectivity index (χ0) is 14.0. The van der Waals surface area contributed by atoms with Gasteiger partial charge in [0.15, 0.2) is 0 Å². The highest BCUT2D eigenvalue weighted by molar-refractivity contribution is 5.51. The topological polar surface area (TPSA) is 64.8 Å². The Kier molecular flexibility index (Phi) is 3.61. The highest BCUT2D eigenvalue weighted by Gasteiger charge is 2.24. The van der Waals surface area contributed by atoms with E-state index in [1.807, 2.05) is 26.8 Å². The zero-order valence-electron chi connectivity index (χ0n) is 12.1. The Bertz CT molecular complexity index is 499. The lowest BCUT2D eigenvalue weighted by Gasteiger charge is -2.35. The van der Waals surface area contributed by atoms with E-state index in [1.54, 1.807) is 0 Å². The van der Waals surface area contributed by atoms with Crippen molar-refractivity contribution in [2.24, 2.45) is 0 Å². The molecule has 19 heavy (non-hydrogen) atoms. The van der Waals surface area contributed by atoms with Crippen LogP contribution in [0.15, 0.2) is 6.07 Å². The number of rotatable bonds is 4. The Hall–Kier alpha value is -1.83. The quantitative estimate of drug-likeness (QED) is 0.900. The van der Waals surface area contributed by atoms with Crippen LogP contribution in [0.25, 0.3) is 0 Å². The van der Waals surface area contributed by atoms with E-state index in [9.17, 15) is 0 Å². The molecule has 1 fully saturated rings. The number of anilines is 2. The number of nitrogens with zero attached hydrogens (tertiary/aromatic N) is 4. The molecule has 0 bridgehead atoms. The monoisotopic (exact) mass is 259 g/mol. The number of aromatic nitrogens is 2. The van der Waals surface area contributed by atoms with Gasteiger partial charge in [0.2, 0.25) is 0 Å². The molecule has 5 nitrogen and oxygen atoms in total. The van der Waals surface area contributed by atoms with Gasteiger partial charge in [-0.2, -0.15) is 5.26 Å². The summed E-state index contributed by atoms with van der Waals surface area (Å²) in [6.07, 6.45) is 3.75. The molecule has 0 unspecified atom stereocenters. The van der Waals surface area contributed by atoms with Crippen LogP contribution in [-0.2, 0) is 0 Å². The summed E-state index contributed by atoms with van der Waals surface area (Å²) >= 11 is 0. The maximum atomic E-state index is 9.07. The lowest BCUT2D eigenvalue weighted by Crippen LogP contribution is -2.38. The normalized spacial score (nSPS) is 15.5. The SMILES string of the molecule is Cc1nc(NC(C)(C)C#N)cc(N(C)C2CCC2)n1. The molecule has 0 amide bonds. The Morgan fingerprint density at radius 1 is 1.42 bits per heavy atom. The number of hydrogen-bond acceptors (Lipinski definition) is 5. The van der Waals surface area contributed by atoms with Gasteiger partial charge in [0.1, 0.15) is 23.0 Å². The summed E-state index contributed by atoms with van der Waals surface area (Å²) in [5, 5.41) is 12.2. The van der Waals surface area contributed by atoms with Crippen molar-refractivity contribution in [3.63, 3.8) is 0 Å². The molecule has 1 aromatic rings. The molecular weight excluding hydrogens is 238 g/mol. The Morgan fingerprint density at radius 2 is 2.11 bits per heavy atom. The molecule has 0 spiro atoms. The average Bonchev–Trinajstić information content (AvgIpc) is 2.25. The van der Waals surface area contributed by atoms with Crippen molar-refractivity contribution < 1.29 is 0 Å². The number of nitriles is 1. The smallest absolute Gasteiger partial charge is 0.134 e. The molecule has 1 aromatic heterocycles. The van der Waals surface area contributed by atoms with E-state index < -0.39 is 5.54 Å². The van der Waals surface area contributed by atoms with E-state index >= 15 is 0 Å². The Morgan fingerprint density at radius 3 is 2.63 bits per heavy atom. The van der Waals surface area contributed by atoms with E-state index in [1.165, 1.54) is 19.3 Å². The summed E-state index contributed by atoms with van der Waals surface area (Å²) in [6.45, 7) is 5.54. The predicted molar refractivity (Wildman–Crippen MR) is 76.1 cm³/mol. The van der Waals surface area contributed by atoms with Gasteiger partial charge in [-0.25, -0.2) is 9.97 Å². The summed E-state index contributed by atoms with van der Waals surface area (Å²) < 4.78 is 0. The molecule has 1 aliphatic rings. The standard InChI is InChI=1S/C14H21N5/c1-10-16-12(18-14(2,3)9-15)8-13(17-10)19(4)11-6-5-7-11/h8,11H,5-7H2,1-4H3,(H,16,17,18). The highest BCUT2D eigenvalue weighted by atomic mass is 15.2. The molecule has 0 radical (unpaired) electrons. The van der Waals surface area contributed by atoms with Gasteiger partial charge in [-0.3, -0.25) is 0 Å². The van der Waals surface area contributed by atoms with E-state index in [2.05, 4.69) is 33.3 Å². The zero-order valence-corrected chi connectivity index (χ0v) is 12.1. The average molecular weight is 259 g/mol. The van der Waals surface area contributed by atoms with Crippen molar-refractivity contribution in [2.45, 2.75) is 51.6 Å². The van der Waals surface area contributed by atoms with Crippen LogP contribution in [0.5, 0.6) is 0 Å². The van der Waals surface area contributed by atoms with E-state index in [4.69, 9.17) is 5.26 Å². The Labute approximate surface area is 114 Å². The number of nitrogens with one attached hydrogen (secondary N) is 1. The minimum absolute atomic E-state index is 0.589. The molecule has 1 N–H and O–H groups in total. The van der Waals surface area contributed by atoms with Crippen LogP contribution in [0.2, 0.25) is 0 Å². The van der Waals surface area contributed by atoms with Gasteiger partial charge in [0.05, 0.1) is 6.07 Å². The first-order chi connectivity index (χ1) is 8.91. The first-order valence-corrected chi connectivity index (χ1v) is 6.69. The first kappa shape index (κ1) is 13.6. The third kappa shape index (κ3) is 3.14. The van der Waals surface area contributed by atoms with Gasteiger partial charge < -0.3 is 10.2 Å². The van der Waals surface area contributed by atoms with Crippen molar-refractivity contribution >= 4 is 11.6 Å². The fourth-order valence-electron chi connectivity index (χ4n) is 2.11. The van der Waals surface area contributed by atoms with E-state index in [0.717, 1.165) is 11.6 Å². The van der Waals surface area contributed by atoms with Crippen LogP contribution < -0.4 is 10.2 Å². The van der Waals surface area contributed by atoms with Gasteiger partial charge in [-0.05, 0) is 40.0 Å².